The first-order valence-electron chi connectivity index (χ1n) is 6.68. The highest BCUT2D eigenvalue weighted by atomic mass is 32.2. The summed E-state index contributed by atoms with van der Waals surface area (Å²) >= 11 is 2.97. The number of ether oxygens (including phenoxy) is 1. The number of rotatable bonds is 4. The van der Waals surface area contributed by atoms with E-state index in [1.165, 1.54) is 30.8 Å². The maximum Gasteiger partial charge on any atom is 0.316 e. The summed E-state index contributed by atoms with van der Waals surface area (Å²) in [5.41, 5.74) is 3.46. The molecule has 3 aromatic rings. The number of aryl methyl sites for hydroxylation is 1. The first kappa shape index (κ1) is 15.0. The Hall–Kier alpha value is -1.92. The number of thiophene rings is 1. The summed E-state index contributed by atoms with van der Waals surface area (Å²) in [6.07, 6.45) is 1.54. The Labute approximate surface area is 136 Å². The molecule has 0 radical (unpaired) electrons. The Balaban J connectivity index is 2.04. The van der Waals surface area contributed by atoms with Crippen molar-refractivity contribution < 1.29 is 9.53 Å². The van der Waals surface area contributed by atoms with Gasteiger partial charge in [0, 0.05) is 10.9 Å². The maximum atomic E-state index is 11.4. The topological polar surface area (TPSA) is 52.1 Å². The number of hydrogen-bond acceptors (Lipinski definition) is 6. The summed E-state index contributed by atoms with van der Waals surface area (Å²) in [7, 11) is 1.39. The van der Waals surface area contributed by atoms with Crippen molar-refractivity contribution in [3.8, 4) is 11.1 Å². The lowest BCUT2D eigenvalue weighted by Crippen LogP contribution is -2.03. The van der Waals surface area contributed by atoms with E-state index in [2.05, 4.69) is 46.5 Å². The van der Waals surface area contributed by atoms with E-state index in [0.717, 1.165) is 26.4 Å². The summed E-state index contributed by atoms with van der Waals surface area (Å²) in [6.45, 7) is 2.07. The number of aromatic nitrogens is 2. The minimum atomic E-state index is -0.260. The van der Waals surface area contributed by atoms with E-state index in [-0.39, 0.29) is 11.7 Å². The fourth-order valence-corrected chi connectivity index (χ4v) is 3.91. The molecule has 1 aromatic carbocycles. The van der Waals surface area contributed by atoms with E-state index < -0.39 is 0 Å². The van der Waals surface area contributed by atoms with Crippen LogP contribution in [-0.4, -0.2) is 28.8 Å². The molecule has 0 atom stereocenters. The normalized spacial score (nSPS) is 10.8. The minimum Gasteiger partial charge on any atom is -0.468 e. The lowest BCUT2D eigenvalue weighted by Gasteiger charge is -2.05. The highest BCUT2D eigenvalue weighted by Gasteiger charge is 2.14. The highest BCUT2D eigenvalue weighted by Crippen LogP contribution is 2.37. The van der Waals surface area contributed by atoms with E-state index in [1.54, 1.807) is 11.3 Å². The Morgan fingerprint density at radius 2 is 2.05 bits per heavy atom. The van der Waals surface area contributed by atoms with Gasteiger partial charge < -0.3 is 4.74 Å². The fraction of sp³-hybridized carbons (Fsp3) is 0.188. The van der Waals surface area contributed by atoms with Crippen molar-refractivity contribution in [2.24, 2.45) is 0 Å². The van der Waals surface area contributed by atoms with Crippen LogP contribution < -0.4 is 0 Å². The fourth-order valence-electron chi connectivity index (χ4n) is 2.09. The predicted molar refractivity (Wildman–Crippen MR) is 90.3 cm³/mol. The van der Waals surface area contributed by atoms with Gasteiger partial charge >= 0.3 is 5.97 Å². The summed E-state index contributed by atoms with van der Waals surface area (Å²) in [6, 6.07) is 8.37. The molecule has 3 rings (SSSR count). The number of nitrogens with zero attached hydrogens (tertiary/aromatic N) is 2. The van der Waals surface area contributed by atoms with Crippen molar-refractivity contribution >= 4 is 39.3 Å². The third kappa shape index (κ3) is 2.98. The van der Waals surface area contributed by atoms with Gasteiger partial charge in [0.15, 0.2) is 0 Å². The molecular weight excluding hydrogens is 316 g/mol. The van der Waals surface area contributed by atoms with Gasteiger partial charge in [-0.25, -0.2) is 9.97 Å². The molecule has 112 valence electrons. The monoisotopic (exact) mass is 330 g/mol. The molecule has 4 nitrogen and oxygen atoms in total. The largest absolute Gasteiger partial charge is 0.468 e. The number of fused-ring (bicyclic) bond motifs is 1. The zero-order valence-corrected chi connectivity index (χ0v) is 13.8. The van der Waals surface area contributed by atoms with E-state index >= 15 is 0 Å². The first-order chi connectivity index (χ1) is 10.7. The Morgan fingerprint density at radius 3 is 2.77 bits per heavy atom. The molecule has 0 unspecified atom stereocenters. The van der Waals surface area contributed by atoms with Gasteiger partial charge in [-0.3, -0.25) is 4.79 Å². The zero-order valence-electron chi connectivity index (χ0n) is 12.2. The minimum absolute atomic E-state index is 0.242. The van der Waals surface area contributed by atoms with Crippen LogP contribution in [0.15, 0.2) is 41.0 Å². The van der Waals surface area contributed by atoms with Crippen LogP contribution >= 0.6 is 23.1 Å². The Kier molecular flexibility index (Phi) is 4.40. The molecule has 0 aliphatic heterocycles. The average molecular weight is 330 g/mol. The molecule has 6 heteroatoms. The Bertz CT molecular complexity index is 813. The molecule has 0 amide bonds. The van der Waals surface area contributed by atoms with Crippen LogP contribution in [0.4, 0.5) is 0 Å². The van der Waals surface area contributed by atoms with Gasteiger partial charge in [-0.1, -0.05) is 41.6 Å². The SMILES string of the molecule is COC(=O)CSc1ncnc2scc(-c3ccc(C)cc3)c12. The Morgan fingerprint density at radius 1 is 1.27 bits per heavy atom. The number of carbonyl (C=O) groups excluding carboxylic acids is 1. The highest BCUT2D eigenvalue weighted by molar-refractivity contribution is 8.00. The quantitative estimate of drug-likeness (QED) is 0.412. The van der Waals surface area contributed by atoms with Crippen molar-refractivity contribution in [2.75, 3.05) is 12.9 Å². The standard InChI is InChI=1S/C16H14N2O2S2/c1-10-3-5-11(6-4-10)12-7-21-15-14(12)16(18-9-17-15)22-8-13(19)20-2/h3-7,9H,8H2,1-2H3. The van der Waals surface area contributed by atoms with Gasteiger partial charge in [0.2, 0.25) is 0 Å². The van der Waals surface area contributed by atoms with E-state index in [9.17, 15) is 4.79 Å². The zero-order chi connectivity index (χ0) is 15.5. The molecule has 0 aliphatic carbocycles. The molecule has 0 aliphatic rings. The third-order valence-corrected chi connectivity index (χ3v) is 5.10. The molecule has 0 bridgehead atoms. The molecular formula is C16H14N2O2S2. The van der Waals surface area contributed by atoms with Crippen LogP contribution in [0, 0.1) is 6.92 Å². The predicted octanol–water partition coefficient (Wildman–Crippen LogP) is 3.93. The number of methoxy groups -OCH3 is 1. The van der Waals surface area contributed by atoms with E-state index in [4.69, 9.17) is 4.74 Å². The molecule has 2 heterocycles. The van der Waals surface area contributed by atoms with Crippen LogP contribution in [0.3, 0.4) is 0 Å². The first-order valence-corrected chi connectivity index (χ1v) is 8.54. The average Bonchev–Trinajstić information content (AvgIpc) is 2.98. The lowest BCUT2D eigenvalue weighted by atomic mass is 10.1. The molecule has 0 spiro atoms. The van der Waals surface area contributed by atoms with Crippen LogP contribution in [0.1, 0.15) is 5.56 Å². The summed E-state index contributed by atoms with van der Waals surface area (Å²) in [4.78, 5) is 21.0. The summed E-state index contributed by atoms with van der Waals surface area (Å²) in [5, 5.41) is 3.91. The smallest absolute Gasteiger partial charge is 0.316 e. The van der Waals surface area contributed by atoms with Gasteiger partial charge in [-0.05, 0) is 12.5 Å². The molecule has 0 fully saturated rings. The van der Waals surface area contributed by atoms with Gasteiger partial charge in [-0.2, -0.15) is 0 Å². The summed E-state index contributed by atoms with van der Waals surface area (Å²) in [5.74, 6) is -0.0184. The molecule has 0 N–H and O–H groups in total. The van der Waals surface area contributed by atoms with Gasteiger partial charge in [0.1, 0.15) is 16.2 Å². The second kappa shape index (κ2) is 6.46. The van der Waals surface area contributed by atoms with Crippen molar-refractivity contribution in [3.63, 3.8) is 0 Å². The molecule has 0 saturated carbocycles. The number of carbonyl (C=O) groups is 1. The second-order valence-electron chi connectivity index (χ2n) is 4.74. The number of thioether (sulfide) groups is 1. The van der Waals surface area contributed by atoms with Crippen LogP contribution in [0.2, 0.25) is 0 Å². The summed E-state index contributed by atoms with van der Waals surface area (Å²) < 4.78 is 4.69. The van der Waals surface area contributed by atoms with Gasteiger partial charge in [0.25, 0.3) is 0 Å². The number of benzene rings is 1. The molecule has 0 saturated heterocycles. The van der Waals surface area contributed by atoms with Crippen molar-refractivity contribution in [1.82, 2.24) is 9.97 Å². The van der Waals surface area contributed by atoms with Crippen molar-refractivity contribution in [1.29, 1.82) is 0 Å². The van der Waals surface area contributed by atoms with E-state index in [1.807, 2.05) is 0 Å². The lowest BCUT2D eigenvalue weighted by molar-refractivity contribution is -0.137. The van der Waals surface area contributed by atoms with Crippen LogP contribution in [-0.2, 0) is 9.53 Å². The second-order valence-corrected chi connectivity index (χ2v) is 6.56. The van der Waals surface area contributed by atoms with Gasteiger partial charge in [-0.15, -0.1) is 11.3 Å². The number of esters is 1. The maximum absolute atomic E-state index is 11.4. The number of hydrogen-bond donors (Lipinski definition) is 0. The van der Waals surface area contributed by atoms with Crippen molar-refractivity contribution in [3.05, 3.63) is 41.5 Å². The van der Waals surface area contributed by atoms with E-state index in [0.29, 0.717) is 0 Å². The van der Waals surface area contributed by atoms with Crippen LogP contribution in [0.25, 0.3) is 21.3 Å². The third-order valence-electron chi connectivity index (χ3n) is 3.25. The molecule has 22 heavy (non-hydrogen) atoms. The molecule has 2 aromatic heterocycles. The van der Waals surface area contributed by atoms with Gasteiger partial charge in [0.05, 0.1) is 18.2 Å². The van der Waals surface area contributed by atoms with Crippen molar-refractivity contribution in [2.45, 2.75) is 11.9 Å². The van der Waals surface area contributed by atoms with Crippen LogP contribution in [0.5, 0.6) is 0 Å².